The summed E-state index contributed by atoms with van der Waals surface area (Å²) in [6.45, 7) is 6.57. The third kappa shape index (κ3) is 1.99. The molecule has 4 aliphatic rings. The highest BCUT2D eigenvalue weighted by atomic mass is 16.3. The number of rotatable bonds is 0. The van der Waals surface area contributed by atoms with Gasteiger partial charge in [-0.25, -0.2) is 0 Å². The van der Waals surface area contributed by atoms with E-state index in [0.29, 0.717) is 29.1 Å². The quantitative estimate of drug-likeness (QED) is 0.642. The molecule has 0 aromatic heterocycles. The minimum absolute atomic E-state index is 0.0903. The van der Waals surface area contributed by atoms with Crippen LogP contribution >= 0.6 is 0 Å². The van der Waals surface area contributed by atoms with Gasteiger partial charge in [-0.05, 0) is 87.4 Å². The van der Waals surface area contributed by atoms with Gasteiger partial charge in [0.15, 0.2) is 0 Å². The summed E-state index contributed by atoms with van der Waals surface area (Å²) in [5.41, 5.74) is -0.711. The van der Waals surface area contributed by atoms with Gasteiger partial charge in [-0.3, -0.25) is 0 Å². The Bertz CT molecular complexity index is 489. The van der Waals surface area contributed by atoms with Gasteiger partial charge in [0.25, 0.3) is 0 Å². The normalized spacial score (nSPS) is 62.3. The number of hydrogen-bond acceptors (Lipinski definition) is 3. The molecule has 0 aromatic rings. The molecule has 0 aliphatic heterocycles. The SMILES string of the molecule is C[C@]12CCC3C(CC[C@H]4C[C@@H](O)CC[C@]34C)C1C[C@@H](O)[C@]2(C)O. The van der Waals surface area contributed by atoms with Crippen molar-refractivity contribution in [1.82, 2.24) is 0 Å². The Morgan fingerprint density at radius 2 is 1.57 bits per heavy atom. The maximum atomic E-state index is 11.0. The van der Waals surface area contributed by atoms with Crippen molar-refractivity contribution >= 4 is 0 Å². The van der Waals surface area contributed by atoms with Gasteiger partial charge in [0.1, 0.15) is 0 Å². The lowest BCUT2D eigenvalue weighted by Crippen LogP contribution is -2.57. The van der Waals surface area contributed by atoms with E-state index in [4.69, 9.17) is 0 Å². The molecule has 0 bridgehead atoms. The van der Waals surface area contributed by atoms with Gasteiger partial charge in [0, 0.05) is 5.41 Å². The summed E-state index contributed by atoms with van der Waals surface area (Å²) in [5, 5.41) is 31.5. The lowest BCUT2D eigenvalue weighted by molar-refractivity contribution is -0.164. The molecule has 4 rings (SSSR count). The van der Waals surface area contributed by atoms with Gasteiger partial charge < -0.3 is 15.3 Å². The van der Waals surface area contributed by atoms with Crippen molar-refractivity contribution in [3.8, 4) is 0 Å². The predicted octanol–water partition coefficient (Wildman–Crippen LogP) is 3.11. The summed E-state index contributed by atoms with van der Waals surface area (Å²) >= 11 is 0. The van der Waals surface area contributed by atoms with E-state index in [0.717, 1.165) is 32.1 Å². The van der Waals surface area contributed by atoms with Gasteiger partial charge in [-0.1, -0.05) is 13.8 Å². The predicted molar refractivity (Wildman–Crippen MR) is 89.7 cm³/mol. The average molecular weight is 322 g/mol. The van der Waals surface area contributed by atoms with E-state index in [1.807, 2.05) is 6.92 Å². The fourth-order valence-corrected chi connectivity index (χ4v) is 7.47. The Kier molecular flexibility index (Phi) is 3.52. The molecule has 9 atom stereocenters. The van der Waals surface area contributed by atoms with Crippen LogP contribution in [0.3, 0.4) is 0 Å². The monoisotopic (exact) mass is 322 g/mol. The number of aliphatic hydroxyl groups is 3. The van der Waals surface area contributed by atoms with E-state index in [9.17, 15) is 15.3 Å². The van der Waals surface area contributed by atoms with Crippen molar-refractivity contribution in [2.45, 2.75) is 89.9 Å². The van der Waals surface area contributed by atoms with Gasteiger partial charge in [-0.2, -0.15) is 0 Å². The van der Waals surface area contributed by atoms with Crippen LogP contribution in [0.25, 0.3) is 0 Å². The van der Waals surface area contributed by atoms with Crippen LogP contribution in [-0.4, -0.2) is 33.1 Å². The highest BCUT2D eigenvalue weighted by molar-refractivity contribution is 5.15. The minimum Gasteiger partial charge on any atom is -0.393 e. The molecule has 0 amide bonds. The van der Waals surface area contributed by atoms with Crippen molar-refractivity contribution in [1.29, 1.82) is 0 Å². The molecule has 4 aliphatic carbocycles. The largest absolute Gasteiger partial charge is 0.393 e. The third-order valence-electron chi connectivity index (χ3n) is 9.31. The van der Waals surface area contributed by atoms with E-state index in [2.05, 4.69) is 13.8 Å². The molecule has 3 nitrogen and oxygen atoms in total. The highest BCUT2D eigenvalue weighted by Crippen LogP contribution is 2.68. The van der Waals surface area contributed by atoms with Gasteiger partial charge in [0.2, 0.25) is 0 Å². The van der Waals surface area contributed by atoms with Crippen LogP contribution in [-0.2, 0) is 0 Å². The van der Waals surface area contributed by atoms with Crippen molar-refractivity contribution in [2.24, 2.45) is 34.5 Å². The second-order valence-corrected chi connectivity index (χ2v) is 9.94. The van der Waals surface area contributed by atoms with Crippen LogP contribution in [0, 0.1) is 34.5 Å². The Balaban J connectivity index is 1.65. The van der Waals surface area contributed by atoms with Gasteiger partial charge >= 0.3 is 0 Å². The van der Waals surface area contributed by atoms with Crippen LogP contribution in [0.15, 0.2) is 0 Å². The molecule has 4 saturated carbocycles. The topological polar surface area (TPSA) is 60.7 Å². The molecular formula is C20H34O3. The summed E-state index contributed by atoms with van der Waals surface area (Å²) in [6, 6.07) is 0. The van der Waals surface area contributed by atoms with Gasteiger partial charge in [-0.15, -0.1) is 0 Å². The Morgan fingerprint density at radius 3 is 2.30 bits per heavy atom. The second kappa shape index (κ2) is 4.95. The molecule has 3 unspecified atom stereocenters. The lowest BCUT2D eigenvalue weighted by atomic mass is 9.44. The number of hydrogen-bond donors (Lipinski definition) is 3. The first-order valence-electron chi connectivity index (χ1n) is 9.78. The maximum Gasteiger partial charge on any atom is 0.0933 e. The fourth-order valence-electron chi connectivity index (χ4n) is 7.47. The lowest BCUT2D eigenvalue weighted by Gasteiger charge is -2.61. The van der Waals surface area contributed by atoms with Gasteiger partial charge in [0.05, 0.1) is 17.8 Å². The van der Waals surface area contributed by atoms with E-state index >= 15 is 0 Å². The first-order valence-corrected chi connectivity index (χ1v) is 9.78. The van der Waals surface area contributed by atoms with E-state index in [1.165, 1.54) is 19.3 Å². The summed E-state index contributed by atoms with van der Waals surface area (Å²) in [6.07, 6.45) is 7.87. The van der Waals surface area contributed by atoms with Crippen molar-refractivity contribution in [3.05, 3.63) is 0 Å². The van der Waals surface area contributed by atoms with Crippen molar-refractivity contribution < 1.29 is 15.3 Å². The first-order chi connectivity index (χ1) is 10.7. The molecule has 23 heavy (non-hydrogen) atoms. The Hall–Kier alpha value is -0.120. The van der Waals surface area contributed by atoms with Crippen molar-refractivity contribution in [3.63, 3.8) is 0 Å². The zero-order valence-electron chi connectivity index (χ0n) is 15.0. The Morgan fingerprint density at radius 1 is 0.826 bits per heavy atom. The van der Waals surface area contributed by atoms with E-state index in [-0.39, 0.29) is 11.5 Å². The van der Waals surface area contributed by atoms with E-state index in [1.54, 1.807) is 0 Å². The molecule has 0 heterocycles. The number of fused-ring (bicyclic) bond motifs is 5. The average Bonchev–Trinajstić information content (AvgIpc) is 2.67. The molecule has 0 spiro atoms. The zero-order valence-corrected chi connectivity index (χ0v) is 15.0. The van der Waals surface area contributed by atoms with Crippen LogP contribution < -0.4 is 0 Å². The summed E-state index contributed by atoms with van der Waals surface area (Å²) in [7, 11) is 0. The zero-order chi connectivity index (χ0) is 16.6. The van der Waals surface area contributed by atoms with Crippen molar-refractivity contribution in [2.75, 3.05) is 0 Å². The molecule has 0 aromatic carbocycles. The first kappa shape index (κ1) is 16.4. The fraction of sp³-hybridized carbons (Fsp3) is 1.00. The highest BCUT2D eigenvalue weighted by Gasteiger charge is 2.66. The molecule has 0 saturated heterocycles. The van der Waals surface area contributed by atoms with Crippen LogP contribution in [0.5, 0.6) is 0 Å². The second-order valence-electron chi connectivity index (χ2n) is 9.94. The molecule has 3 heteroatoms. The van der Waals surface area contributed by atoms with Crippen LogP contribution in [0.4, 0.5) is 0 Å². The smallest absolute Gasteiger partial charge is 0.0933 e. The third-order valence-corrected chi connectivity index (χ3v) is 9.31. The maximum absolute atomic E-state index is 11.0. The standard InChI is InChI=1S/C20H34O3/c1-18-8-6-13(21)10-12(18)4-5-14-15(18)7-9-19(2)16(14)11-17(22)20(19,3)23/h12-17,21-23H,4-11H2,1-3H3/t12-,13-,14?,15?,16?,17+,18-,19-,20-/m0/s1. The number of aliphatic hydroxyl groups excluding tert-OH is 2. The molecular weight excluding hydrogens is 288 g/mol. The molecule has 0 radical (unpaired) electrons. The molecule has 132 valence electrons. The Labute approximate surface area is 140 Å². The summed E-state index contributed by atoms with van der Waals surface area (Å²) in [4.78, 5) is 0. The molecule has 3 N–H and O–H groups in total. The van der Waals surface area contributed by atoms with E-state index < -0.39 is 11.7 Å². The van der Waals surface area contributed by atoms with Crippen LogP contribution in [0.2, 0.25) is 0 Å². The summed E-state index contributed by atoms with van der Waals surface area (Å²) in [5.74, 6) is 2.49. The minimum atomic E-state index is -0.941. The summed E-state index contributed by atoms with van der Waals surface area (Å²) < 4.78 is 0. The molecule has 4 fully saturated rings. The van der Waals surface area contributed by atoms with Crippen LogP contribution in [0.1, 0.15) is 72.1 Å².